The second-order valence-corrected chi connectivity index (χ2v) is 4.77. The summed E-state index contributed by atoms with van der Waals surface area (Å²) < 4.78 is 0. The van der Waals surface area contributed by atoms with Crippen LogP contribution in [0.5, 0.6) is 0 Å². The molecule has 0 fully saturated rings. The Morgan fingerprint density at radius 3 is 2.89 bits per heavy atom. The number of amides is 1. The molecule has 3 rings (SSSR count). The van der Waals surface area contributed by atoms with Gasteiger partial charge >= 0.3 is 0 Å². The molecule has 2 N–H and O–H groups in total. The molecule has 2 aromatic heterocycles. The number of aryl methyl sites for hydroxylation is 1. The van der Waals surface area contributed by atoms with Gasteiger partial charge in [-0.1, -0.05) is 12.1 Å². The van der Waals surface area contributed by atoms with Crippen LogP contribution in [0.15, 0.2) is 35.0 Å². The van der Waals surface area contributed by atoms with Gasteiger partial charge in [-0.2, -0.15) is 11.3 Å². The standard InChI is InChI=1S/C13H11N3OS/c1-8-6-18-7-9(8)12(17)16-13-14-10-4-2-3-5-11(10)15-13/h2-7H,1H3,(H2,14,15,16,17). The van der Waals surface area contributed by atoms with Crippen LogP contribution in [0.1, 0.15) is 15.9 Å². The largest absolute Gasteiger partial charge is 0.324 e. The highest BCUT2D eigenvalue weighted by Crippen LogP contribution is 2.17. The lowest BCUT2D eigenvalue weighted by atomic mass is 10.2. The van der Waals surface area contributed by atoms with Crippen LogP contribution in [0.25, 0.3) is 11.0 Å². The van der Waals surface area contributed by atoms with E-state index >= 15 is 0 Å². The summed E-state index contributed by atoms with van der Waals surface area (Å²) in [4.78, 5) is 19.4. The number of anilines is 1. The normalized spacial score (nSPS) is 10.7. The van der Waals surface area contributed by atoms with Gasteiger partial charge in [-0.15, -0.1) is 0 Å². The van der Waals surface area contributed by atoms with Gasteiger partial charge in [-0.3, -0.25) is 10.1 Å². The molecule has 0 spiro atoms. The van der Waals surface area contributed by atoms with Crippen molar-refractivity contribution in [3.8, 4) is 0 Å². The molecule has 90 valence electrons. The first-order valence-electron chi connectivity index (χ1n) is 5.53. The molecule has 0 aliphatic rings. The van der Waals surface area contributed by atoms with E-state index in [-0.39, 0.29) is 5.91 Å². The van der Waals surface area contributed by atoms with Gasteiger partial charge < -0.3 is 4.98 Å². The number of carbonyl (C=O) groups is 1. The molecule has 0 bridgehead atoms. The van der Waals surface area contributed by atoms with Gasteiger partial charge in [0.05, 0.1) is 16.6 Å². The third kappa shape index (κ3) is 1.89. The smallest absolute Gasteiger partial charge is 0.259 e. The lowest BCUT2D eigenvalue weighted by Crippen LogP contribution is -2.13. The molecular weight excluding hydrogens is 246 g/mol. The number of H-pyrrole nitrogens is 1. The van der Waals surface area contributed by atoms with Gasteiger partial charge in [-0.05, 0) is 30.0 Å². The number of benzene rings is 1. The summed E-state index contributed by atoms with van der Waals surface area (Å²) in [5.41, 5.74) is 3.43. The fourth-order valence-electron chi connectivity index (χ4n) is 1.78. The number of nitrogens with one attached hydrogen (secondary N) is 2. The van der Waals surface area contributed by atoms with E-state index in [1.54, 1.807) is 0 Å². The van der Waals surface area contributed by atoms with E-state index in [2.05, 4.69) is 15.3 Å². The maximum atomic E-state index is 12.0. The Balaban J connectivity index is 1.88. The van der Waals surface area contributed by atoms with Crippen LogP contribution in [-0.4, -0.2) is 15.9 Å². The van der Waals surface area contributed by atoms with E-state index < -0.39 is 0 Å². The number of aromatic nitrogens is 2. The zero-order chi connectivity index (χ0) is 12.5. The van der Waals surface area contributed by atoms with Crippen molar-refractivity contribution >= 4 is 34.2 Å². The van der Waals surface area contributed by atoms with Crippen molar-refractivity contribution in [1.82, 2.24) is 9.97 Å². The molecule has 0 saturated heterocycles. The zero-order valence-electron chi connectivity index (χ0n) is 9.73. The SMILES string of the molecule is Cc1cscc1C(=O)Nc1nc2ccccc2[nH]1. The second-order valence-electron chi connectivity index (χ2n) is 4.03. The molecule has 1 amide bonds. The maximum Gasteiger partial charge on any atom is 0.259 e. The summed E-state index contributed by atoms with van der Waals surface area (Å²) in [6.45, 7) is 1.92. The number of nitrogens with zero attached hydrogens (tertiary/aromatic N) is 1. The van der Waals surface area contributed by atoms with Gasteiger partial charge in [0.1, 0.15) is 0 Å². The van der Waals surface area contributed by atoms with Gasteiger partial charge in [0.2, 0.25) is 5.95 Å². The predicted octanol–water partition coefficient (Wildman–Crippen LogP) is 3.19. The highest BCUT2D eigenvalue weighted by Gasteiger charge is 2.11. The monoisotopic (exact) mass is 257 g/mol. The van der Waals surface area contributed by atoms with E-state index in [0.29, 0.717) is 11.5 Å². The summed E-state index contributed by atoms with van der Waals surface area (Å²) in [6.07, 6.45) is 0. The summed E-state index contributed by atoms with van der Waals surface area (Å²) in [6, 6.07) is 7.66. The van der Waals surface area contributed by atoms with Crippen LogP contribution in [0.4, 0.5) is 5.95 Å². The Labute approximate surface area is 108 Å². The first kappa shape index (κ1) is 11.0. The van der Waals surface area contributed by atoms with E-state index in [9.17, 15) is 4.79 Å². The minimum Gasteiger partial charge on any atom is -0.324 e. The average molecular weight is 257 g/mol. The maximum absolute atomic E-state index is 12.0. The topological polar surface area (TPSA) is 57.8 Å². The van der Waals surface area contributed by atoms with Crippen molar-refractivity contribution in [2.45, 2.75) is 6.92 Å². The van der Waals surface area contributed by atoms with Crippen molar-refractivity contribution in [2.24, 2.45) is 0 Å². The number of thiophene rings is 1. The first-order valence-corrected chi connectivity index (χ1v) is 6.47. The van der Waals surface area contributed by atoms with Crippen LogP contribution in [-0.2, 0) is 0 Å². The van der Waals surface area contributed by atoms with Crippen LogP contribution in [0, 0.1) is 6.92 Å². The van der Waals surface area contributed by atoms with E-state index in [4.69, 9.17) is 0 Å². The Kier molecular flexibility index (Phi) is 2.60. The molecule has 0 radical (unpaired) electrons. The van der Waals surface area contributed by atoms with Crippen LogP contribution in [0.3, 0.4) is 0 Å². The third-order valence-electron chi connectivity index (χ3n) is 2.72. The Morgan fingerprint density at radius 1 is 1.33 bits per heavy atom. The molecule has 1 aromatic carbocycles. The van der Waals surface area contributed by atoms with E-state index in [1.807, 2.05) is 41.9 Å². The summed E-state index contributed by atoms with van der Waals surface area (Å²) >= 11 is 1.52. The third-order valence-corrected chi connectivity index (χ3v) is 3.58. The Hall–Kier alpha value is -2.14. The fourth-order valence-corrected chi connectivity index (χ4v) is 2.61. The highest BCUT2D eigenvalue weighted by molar-refractivity contribution is 7.08. The summed E-state index contributed by atoms with van der Waals surface area (Å²) in [5, 5.41) is 6.57. The predicted molar refractivity (Wildman–Crippen MR) is 73.1 cm³/mol. The number of fused-ring (bicyclic) bond motifs is 1. The molecule has 5 heteroatoms. The minimum absolute atomic E-state index is 0.132. The number of rotatable bonds is 2. The molecule has 0 saturated carbocycles. The molecule has 0 atom stereocenters. The van der Waals surface area contributed by atoms with Crippen molar-refractivity contribution < 1.29 is 4.79 Å². The number of imidazole rings is 1. The molecule has 4 nitrogen and oxygen atoms in total. The highest BCUT2D eigenvalue weighted by atomic mass is 32.1. The second kappa shape index (κ2) is 4.27. The number of hydrogen-bond acceptors (Lipinski definition) is 3. The van der Waals surface area contributed by atoms with Crippen molar-refractivity contribution in [1.29, 1.82) is 0 Å². The van der Waals surface area contributed by atoms with Gasteiger partial charge in [0, 0.05) is 5.38 Å². The van der Waals surface area contributed by atoms with E-state index in [0.717, 1.165) is 16.6 Å². The first-order chi connectivity index (χ1) is 8.74. The molecule has 0 aliphatic heterocycles. The lowest BCUT2D eigenvalue weighted by molar-refractivity contribution is 0.102. The van der Waals surface area contributed by atoms with Crippen LogP contribution in [0.2, 0.25) is 0 Å². The molecule has 0 aliphatic carbocycles. The van der Waals surface area contributed by atoms with Gasteiger partial charge in [0.25, 0.3) is 5.91 Å². The molecule has 18 heavy (non-hydrogen) atoms. The lowest BCUT2D eigenvalue weighted by Gasteiger charge is -2.00. The molecule has 0 unspecified atom stereocenters. The quantitative estimate of drug-likeness (QED) is 0.740. The van der Waals surface area contributed by atoms with Gasteiger partial charge in [-0.25, -0.2) is 4.98 Å². The van der Waals surface area contributed by atoms with Gasteiger partial charge in [0.15, 0.2) is 0 Å². The fraction of sp³-hybridized carbons (Fsp3) is 0.0769. The van der Waals surface area contributed by atoms with Crippen LogP contribution < -0.4 is 5.32 Å². The Bertz CT molecular complexity index is 681. The number of para-hydroxylation sites is 2. The number of aromatic amines is 1. The number of carbonyl (C=O) groups excluding carboxylic acids is 1. The Morgan fingerprint density at radius 2 is 2.17 bits per heavy atom. The summed E-state index contributed by atoms with van der Waals surface area (Å²) in [5.74, 6) is 0.347. The van der Waals surface area contributed by atoms with Crippen molar-refractivity contribution in [2.75, 3.05) is 5.32 Å². The average Bonchev–Trinajstić information content (AvgIpc) is 2.94. The molecule has 3 aromatic rings. The molecule has 2 heterocycles. The molecular formula is C13H11N3OS. The van der Waals surface area contributed by atoms with Crippen LogP contribution >= 0.6 is 11.3 Å². The van der Waals surface area contributed by atoms with Crippen molar-refractivity contribution in [3.05, 3.63) is 46.2 Å². The van der Waals surface area contributed by atoms with Crippen molar-refractivity contribution in [3.63, 3.8) is 0 Å². The summed E-state index contributed by atoms with van der Waals surface area (Å²) in [7, 11) is 0. The zero-order valence-corrected chi connectivity index (χ0v) is 10.5. The van der Waals surface area contributed by atoms with E-state index in [1.165, 1.54) is 11.3 Å². The minimum atomic E-state index is -0.132. The number of hydrogen-bond donors (Lipinski definition) is 2.